The number of likely N-dealkylation sites (N-methyl/N-ethyl adjacent to an activating group) is 3. The lowest BCUT2D eigenvalue weighted by Gasteiger charge is -2.41. The second-order valence-corrected chi connectivity index (χ2v) is 17.0. The number of hydrogen-bond donors (Lipinski definition) is 4. The lowest BCUT2D eigenvalue weighted by molar-refractivity contribution is -0.148. The largest absolute Gasteiger partial charge is 0.399 e. The van der Waals surface area contributed by atoms with E-state index in [9.17, 15) is 24.0 Å². The minimum Gasteiger partial charge on any atom is -0.399 e. The van der Waals surface area contributed by atoms with E-state index < -0.39 is 60.1 Å². The van der Waals surface area contributed by atoms with Crippen molar-refractivity contribution in [1.29, 1.82) is 0 Å². The molecule has 0 saturated carbocycles. The van der Waals surface area contributed by atoms with Gasteiger partial charge in [-0.2, -0.15) is 0 Å². The zero-order chi connectivity index (χ0) is 45.4. The van der Waals surface area contributed by atoms with Crippen molar-refractivity contribution in [2.45, 2.75) is 123 Å². The van der Waals surface area contributed by atoms with Gasteiger partial charge in [-0.3, -0.25) is 28.9 Å². The molecule has 0 radical (unpaired) electrons. The molecule has 0 saturated heterocycles. The molecule has 0 aromatic heterocycles. The molecular weight excluding hydrogens is 763 g/mol. The van der Waals surface area contributed by atoms with E-state index in [4.69, 9.17) is 15.2 Å². The Balaban J connectivity index is 2.33. The molecule has 5 N–H and O–H groups in total. The van der Waals surface area contributed by atoms with Gasteiger partial charge in [0, 0.05) is 46.1 Å². The first kappa shape index (κ1) is 51.6. The van der Waals surface area contributed by atoms with Gasteiger partial charge in [0.25, 0.3) is 0 Å². The molecule has 14 nitrogen and oxygen atoms in total. The van der Waals surface area contributed by atoms with Gasteiger partial charge in [0.1, 0.15) is 12.1 Å². The second kappa shape index (κ2) is 24.7. The maximum atomic E-state index is 14.3. The number of amides is 5. The van der Waals surface area contributed by atoms with Gasteiger partial charge in [0.15, 0.2) is 0 Å². The number of carbonyl (C=O) groups is 5. The molecule has 0 aliphatic rings. The number of ether oxygens (including phenoxy) is 2. The molecule has 0 bridgehead atoms. The second-order valence-electron chi connectivity index (χ2n) is 17.0. The molecule has 2 rings (SSSR count). The molecule has 0 fully saturated rings. The van der Waals surface area contributed by atoms with Gasteiger partial charge in [-0.15, -0.1) is 0 Å². The van der Waals surface area contributed by atoms with E-state index in [1.54, 1.807) is 55.1 Å². The molecule has 336 valence electrons. The van der Waals surface area contributed by atoms with E-state index >= 15 is 0 Å². The molecule has 7 unspecified atom stereocenters. The lowest BCUT2D eigenvalue weighted by Crippen LogP contribution is -2.59. The summed E-state index contributed by atoms with van der Waals surface area (Å²) in [7, 11) is 10.1. The summed E-state index contributed by atoms with van der Waals surface area (Å²) in [5, 5.41) is 8.87. The molecule has 60 heavy (non-hydrogen) atoms. The van der Waals surface area contributed by atoms with Crippen molar-refractivity contribution in [3.8, 4) is 0 Å². The Bertz CT molecular complexity index is 1650. The molecule has 2 aromatic rings. The van der Waals surface area contributed by atoms with Gasteiger partial charge in [-0.25, -0.2) is 0 Å². The van der Waals surface area contributed by atoms with Gasteiger partial charge in [0.05, 0.1) is 42.7 Å². The number of nitrogens with two attached hydrogens (primary N) is 1. The number of benzene rings is 2. The Morgan fingerprint density at radius 2 is 1.32 bits per heavy atom. The summed E-state index contributed by atoms with van der Waals surface area (Å²) in [5.74, 6) is -2.52. The summed E-state index contributed by atoms with van der Waals surface area (Å²) in [4.78, 5) is 74.8. The Morgan fingerprint density at radius 3 is 1.80 bits per heavy atom. The monoisotopic (exact) mass is 838 g/mol. The van der Waals surface area contributed by atoms with Gasteiger partial charge in [0.2, 0.25) is 29.5 Å². The van der Waals surface area contributed by atoms with E-state index in [2.05, 4.69) is 16.0 Å². The van der Waals surface area contributed by atoms with Crippen molar-refractivity contribution in [1.82, 2.24) is 25.3 Å². The van der Waals surface area contributed by atoms with Crippen molar-refractivity contribution in [3.05, 3.63) is 60.2 Å². The topological polar surface area (TPSA) is 176 Å². The fourth-order valence-corrected chi connectivity index (χ4v) is 8.06. The van der Waals surface area contributed by atoms with Crippen LogP contribution in [0.3, 0.4) is 0 Å². The Morgan fingerprint density at radius 1 is 0.717 bits per heavy atom. The minimum absolute atomic E-state index is 0.0282. The third-order valence-corrected chi connectivity index (χ3v) is 11.7. The molecule has 2 aromatic carbocycles. The van der Waals surface area contributed by atoms with Crippen molar-refractivity contribution < 1.29 is 33.4 Å². The average molecular weight is 838 g/mol. The highest BCUT2D eigenvalue weighted by molar-refractivity contribution is 5.98. The van der Waals surface area contributed by atoms with Gasteiger partial charge in [-0.05, 0) is 68.1 Å². The summed E-state index contributed by atoms with van der Waals surface area (Å²) >= 11 is 0. The van der Waals surface area contributed by atoms with Crippen molar-refractivity contribution in [2.75, 3.05) is 53.5 Å². The van der Waals surface area contributed by atoms with Crippen LogP contribution < -0.4 is 21.7 Å². The zero-order valence-corrected chi connectivity index (χ0v) is 38.7. The van der Waals surface area contributed by atoms with Crippen LogP contribution in [0.5, 0.6) is 0 Å². The van der Waals surface area contributed by atoms with Gasteiger partial charge in [-0.1, -0.05) is 92.1 Å². The number of rotatable bonds is 24. The van der Waals surface area contributed by atoms with Crippen LogP contribution in [0.1, 0.15) is 80.2 Å². The van der Waals surface area contributed by atoms with E-state index in [1.165, 1.54) is 14.2 Å². The summed E-state index contributed by atoms with van der Waals surface area (Å²) in [6, 6.07) is 13.1. The number of hydrogen-bond acceptors (Lipinski definition) is 9. The van der Waals surface area contributed by atoms with Crippen LogP contribution in [0, 0.1) is 23.7 Å². The molecular formula is C46H75N7O7. The minimum atomic E-state index is -0.912. The quantitative estimate of drug-likeness (QED) is 0.108. The average Bonchev–Trinajstić information content (AvgIpc) is 3.20. The number of anilines is 2. The van der Waals surface area contributed by atoms with Crippen LogP contribution in [-0.4, -0.2) is 129 Å². The lowest BCUT2D eigenvalue weighted by atomic mass is 9.89. The Kier molecular flexibility index (Phi) is 21.2. The molecule has 0 spiro atoms. The first-order valence-electron chi connectivity index (χ1n) is 21.3. The van der Waals surface area contributed by atoms with Crippen LogP contribution in [0.4, 0.5) is 11.4 Å². The number of nitrogens with one attached hydrogen (secondary N) is 3. The standard InChI is InChI=1S/C46H75N7O7/c1-15-30(7)41(53(12)46(58)39(28(3)4)50-45(57)40(29(5)6)51(9)10)37(59-13)27-38(54)52(11)36(16-2)42(60-14)31(8)43(55)49-35(26-32-20-18-17-19-21-32)44(56)48-34-24-22-33(47)23-25-34/h17-25,28-31,35-37,39-42H,15-16,26-27,47H2,1-14H3,(H,48,56)(H,49,55)(H,50,57)/t30?,31?,35-,36?,37?,39-,40?,41?,42?/m0/s1. The van der Waals surface area contributed by atoms with Gasteiger partial charge < -0.3 is 41.0 Å². The summed E-state index contributed by atoms with van der Waals surface area (Å²) < 4.78 is 12.0. The van der Waals surface area contributed by atoms with Crippen LogP contribution in [-0.2, 0) is 39.9 Å². The fraction of sp³-hybridized carbons (Fsp3) is 0.630. The first-order valence-corrected chi connectivity index (χ1v) is 21.3. The smallest absolute Gasteiger partial charge is 0.247 e. The summed E-state index contributed by atoms with van der Waals surface area (Å²) in [6.07, 6.45) is -0.0424. The number of carbonyl (C=O) groups excluding carboxylic acids is 5. The van der Waals surface area contributed by atoms with Crippen molar-refractivity contribution in [2.24, 2.45) is 23.7 Å². The third-order valence-electron chi connectivity index (χ3n) is 11.7. The molecule has 0 heterocycles. The maximum absolute atomic E-state index is 14.3. The Labute approximate surface area is 359 Å². The van der Waals surface area contributed by atoms with E-state index in [0.717, 1.165) is 5.56 Å². The number of methoxy groups -OCH3 is 2. The van der Waals surface area contributed by atoms with Crippen LogP contribution >= 0.6 is 0 Å². The Hall–Kier alpha value is -4.53. The highest BCUT2D eigenvalue weighted by atomic mass is 16.5. The van der Waals surface area contributed by atoms with Crippen molar-refractivity contribution >= 4 is 40.9 Å². The SMILES string of the molecule is CCC(C)C(C(CC(=O)N(C)C(CC)C(OC)C(C)C(=O)N[C@@H](Cc1ccccc1)C(=O)Nc1ccc(N)cc1)OC)N(C)C(=O)[C@@H](NC(=O)C(C(C)C)N(C)C)C(C)C. The van der Waals surface area contributed by atoms with Crippen LogP contribution in [0.15, 0.2) is 54.6 Å². The van der Waals surface area contributed by atoms with E-state index in [0.29, 0.717) is 24.2 Å². The molecule has 0 aliphatic heterocycles. The van der Waals surface area contributed by atoms with E-state index in [-0.39, 0.29) is 48.3 Å². The molecule has 9 atom stereocenters. The predicted octanol–water partition coefficient (Wildman–Crippen LogP) is 4.83. The maximum Gasteiger partial charge on any atom is 0.247 e. The van der Waals surface area contributed by atoms with Crippen LogP contribution in [0.2, 0.25) is 0 Å². The number of nitrogen functional groups attached to an aromatic ring is 1. The molecule has 5 amide bonds. The van der Waals surface area contributed by atoms with E-state index in [1.807, 2.05) is 97.8 Å². The third kappa shape index (κ3) is 14.3. The highest BCUT2D eigenvalue weighted by Gasteiger charge is 2.41. The zero-order valence-electron chi connectivity index (χ0n) is 38.7. The normalized spacial score (nSPS) is 16.1. The predicted molar refractivity (Wildman–Crippen MR) is 239 cm³/mol. The highest BCUT2D eigenvalue weighted by Crippen LogP contribution is 2.26. The van der Waals surface area contributed by atoms with Crippen molar-refractivity contribution in [3.63, 3.8) is 0 Å². The molecule has 14 heteroatoms. The molecule has 0 aliphatic carbocycles. The van der Waals surface area contributed by atoms with Crippen LogP contribution in [0.25, 0.3) is 0 Å². The summed E-state index contributed by atoms with van der Waals surface area (Å²) in [6.45, 7) is 15.4. The number of nitrogens with zero attached hydrogens (tertiary/aromatic N) is 3. The first-order chi connectivity index (χ1) is 28.2. The summed E-state index contributed by atoms with van der Waals surface area (Å²) in [5.41, 5.74) is 7.80. The fourth-order valence-electron chi connectivity index (χ4n) is 8.06. The van der Waals surface area contributed by atoms with Gasteiger partial charge >= 0.3 is 0 Å².